The van der Waals surface area contributed by atoms with Crippen LogP contribution in [0.3, 0.4) is 0 Å². The van der Waals surface area contributed by atoms with Crippen LogP contribution in [0.15, 0.2) is 40.1 Å². The van der Waals surface area contributed by atoms with E-state index in [0.29, 0.717) is 15.6 Å². The van der Waals surface area contributed by atoms with Gasteiger partial charge in [0.15, 0.2) is 5.82 Å². The van der Waals surface area contributed by atoms with Crippen LogP contribution in [-0.4, -0.2) is 31.5 Å². The molecule has 1 N–H and O–H groups in total. The normalized spacial score (nSPS) is 13.8. The van der Waals surface area contributed by atoms with Gasteiger partial charge in [-0.05, 0) is 46.5 Å². The fourth-order valence-corrected chi connectivity index (χ4v) is 3.64. The smallest absolute Gasteiger partial charge is 0.253 e. The van der Waals surface area contributed by atoms with Gasteiger partial charge in [0, 0.05) is 24.8 Å². The molecular formula is C17H15BrClN5OS. The highest BCUT2D eigenvalue weighted by molar-refractivity contribution is 9.10. The molecule has 0 spiro atoms. The van der Waals surface area contributed by atoms with E-state index in [4.69, 9.17) is 11.6 Å². The van der Waals surface area contributed by atoms with E-state index in [1.165, 1.54) is 0 Å². The lowest BCUT2D eigenvalue weighted by molar-refractivity contribution is 0.0951. The zero-order valence-electron chi connectivity index (χ0n) is 13.8. The highest BCUT2D eigenvalue weighted by atomic mass is 79.9. The van der Waals surface area contributed by atoms with Gasteiger partial charge in [0.2, 0.25) is 0 Å². The van der Waals surface area contributed by atoms with Gasteiger partial charge in [0.25, 0.3) is 5.91 Å². The molecule has 2 heterocycles. The third kappa shape index (κ3) is 3.28. The Morgan fingerprint density at radius 1 is 1.38 bits per heavy atom. The van der Waals surface area contributed by atoms with Crippen molar-refractivity contribution in [1.29, 1.82) is 0 Å². The third-order valence-corrected chi connectivity index (χ3v) is 5.88. The third-order valence-electron chi connectivity index (χ3n) is 4.20. The Balaban J connectivity index is 1.68. The lowest BCUT2D eigenvalue weighted by atomic mass is 10.1. The van der Waals surface area contributed by atoms with Gasteiger partial charge in [-0.3, -0.25) is 4.79 Å². The van der Waals surface area contributed by atoms with Crippen molar-refractivity contribution in [3.63, 3.8) is 0 Å². The van der Waals surface area contributed by atoms with E-state index in [1.807, 2.05) is 19.3 Å². The summed E-state index contributed by atoms with van der Waals surface area (Å²) in [6.45, 7) is 0. The number of aromatic nitrogens is 4. The van der Waals surface area contributed by atoms with Crippen LogP contribution >= 0.6 is 40.2 Å². The number of aryl methyl sites for hydroxylation is 1. The largest absolute Gasteiger partial charge is 0.349 e. The van der Waals surface area contributed by atoms with Crippen molar-refractivity contribution in [3.8, 4) is 16.9 Å². The zero-order valence-corrected chi connectivity index (χ0v) is 17.0. The number of carbonyl (C=O) groups excluding carboxylic acids is 1. The monoisotopic (exact) mass is 451 g/mol. The van der Waals surface area contributed by atoms with Crippen molar-refractivity contribution in [2.24, 2.45) is 7.05 Å². The predicted octanol–water partition coefficient (Wildman–Crippen LogP) is 3.87. The highest BCUT2D eigenvalue weighted by Gasteiger charge is 2.25. The Bertz CT molecular complexity index is 1010. The molecule has 0 bridgehead atoms. The van der Waals surface area contributed by atoms with Crippen molar-refractivity contribution < 1.29 is 4.79 Å². The first-order valence-corrected chi connectivity index (χ1v) is 9.63. The topological polar surface area (TPSA) is 64.7 Å². The maximum Gasteiger partial charge on any atom is 0.253 e. The number of hydrogen-bond acceptors (Lipinski definition) is 4. The van der Waals surface area contributed by atoms with Crippen LogP contribution in [0.25, 0.3) is 16.9 Å². The van der Waals surface area contributed by atoms with Crippen molar-refractivity contribution in [2.45, 2.75) is 23.9 Å². The van der Waals surface area contributed by atoms with Gasteiger partial charge in [-0.2, -0.15) is 10.2 Å². The van der Waals surface area contributed by atoms with Crippen LogP contribution in [0.4, 0.5) is 0 Å². The maximum atomic E-state index is 12.4. The molecule has 134 valence electrons. The molecule has 6 nitrogen and oxygen atoms in total. The minimum Gasteiger partial charge on any atom is -0.349 e. The van der Waals surface area contributed by atoms with Crippen LogP contribution in [0, 0.1) is 0 Å². The molecule has 26 heavy (non-hydrogen) atoms. The van der Waals surface area contributed by atoms with Gasteiger partial charge < -0.3 is 5.32 Å². The van der Waals surface area contributed by atoms with Gasteiger partial charge in [-0.25, -0.2) is 9.36 Å². The van der Waals surface area contributed by atoms with E-state index < -0.39 is 0 Å². The fraction of sp³-hybridized carbons (Fsp3) is 0.235. The van der Waals surface area contributed by atoms with Crippen molar-refractivity contribution in [3.05, 3.63) is 45.7 Å². The lowest BCUT2D eigenvalue weighted by Crippen LogP contribution is -2.25. The molecule has 3 aromatic rings. The first-order chi connectivity index (χ1) is 12.4. The molecule has 1 aliphatic rings. The van der Waals surface area contributed by atoms with E-state index in [9.17, 15) is 4.79 Å². The number of nitrogens with one attached hydrogen (secondary N) is 1. The molecule has 1 saturated carbocycles. The van der Waals surface area contributed by atoms with Gasteiger partial charge in [0.05, 0.1) is 21.3 Å². The van der Waals surface area contributed by atoms with E-state index in [1.54, 1.807) is 27.7 Å². The van der Waals surface area contributed by atoms with Gasteiger partial charge in [-0.15, -0.1) is 12.6 Å². The Hall–Kier alpha value is -1.77. The molecule has 1 aromatic carbocycles. The Kier molecular flexibility index (Phi) is 4.58. The molecule has 1 fully saturated rings. The van der Waals surface area contributed by atoms with Gasteiger partial charge in [-0.1, -0.05) is 17.7 Å². The molecule has 0 radical (unpaired) electrons. The molecular weight excluding hydrogens is 438 g/mol. The number of amides is 1. The van der Waals surface area contributed by atoms with Crippen molar-refractivity contribution in [1.82, 2.24) is 24.9 Å². The Labute approximate surface area is 169 Å². The summed E-state index contributed by atoms with van der Waals surface area (Å²) in [6, 6.07) is 5.69. The summed E-state index contributed by atoms with van der Waals surface area (Å²) in [7, 11) is 1.82. The molecule has 0 saturated heterocycles. The summed E-state index contributed by atoms with van der Waals surface area (Å²) in [5.41, 5.74) is 2.21. The second kappa shape index (κ2) is 6.75. The minimum atomic E-state index is -0.138. The number of carbonyl (C=O) groups is 1. The number of hydrogen-bond donors (Lipinski definition) is 2. The Morgan fingerprint density at radius 3 is 2.81 bits per heavy atom. The molecule has 0 aliphatic heterocycles. The SMILES string of the molecule is Cn1nc(S)c(Br)c1-n1cc(-c2ccc(Cl)c(C(=O)NC3CC3)c2)cn1. The molecule has 2 aromatic heterocycles. The molecule has 1 amide bonds. The molecule has 1 aliphatic carbocycles. The van der Waals surface area contributed by atoms with Crippen molar-refractivity contribution >= 4 is 46.1 Å². The van der Waals surface area contributed by atoms with Crippen LogP contribution < -0.4 is 5.32 Å². The van der Waals surface area contributed by atoms with Gasteiger partial charge in [0.1, 0.15) is 5.03 Å². The van der Waals surface area contributed by atoms with Crippen LogP contribution in [0.1, 0.15) is 23.2 Å². The first kappa shape index (κ1) is 17.6. The molecule has 9 heteroatoms. The average Bonchev–Trinajstić information content (AvgIpc) is 3.21. The zero-order chi connectivity index (χ0) is 18.4. The summed E-state index contributed by atoms with van der Waals surface area (Å²) in [5.74, 6) is 0.628. The second-order valence-electron chi connectivity index (χ2n) is 6.20. The molecule has 4 rings (SSSR count). The number of benzene rings is 1. The van der Waals surface area contributed by atoms with Gasteiger partial charge >= 0.3 is 0 Å². The summed E-state index contributed by atoms with van der Waals surface area (Å²) in [6.07, 6.45) is 5.68. The second-order valence-corrected chi connectivity index (χ2v) is 7.82. The summed E-state index contributed by atoms with van der Waals surface area (Å²) in [4.78, 5) is 12.4. The van der Waals surface area contributed by atoms with E-state index >= 15 is 0 Å². The summed E-state index contributed by atoms with van der Waals surface area (Å²) < 4.78 is 4.17. The van der Waals surface area contributed by atoms with E-state index in [0.717, 1.165) is 34.3 Å². The lowest BCUT2D eigenvalue weighted by Gasteiger charge is -2.07. The van der Waals surface area contributed by atoms with Crippen LogP contribution in [0.2, 0.25) is 5.02 Å². The number of nitrogens with zero attached hydrogens (tertiary/aromatic N) is 4. The fourth-order valence-electron chi connectivity index (χ4n) is 2.68. The number of thiol groups is 1. The first-order valence-electron chi connectivity index (χ1n) is 8.01. The van der Waals surface area contributed by atoms with E-state index in [2.05, 4.69) is 44.1 Å². The maximum absolute atomic E-state index is 12.4. The summed E-state index contributed by atoms with van der Waals surface area (Å²) >= 11 is 14.0. The van der Waals surface area contributed by atoms with Crippen LogP contribution in [0.5, 0.6) is 0 Å². The summed E-state index contributed by atoms with van der Waals surface area (Å²) in [5, 5.41) is 12.7. The molecule has 0 unspecified atom stereocenters. The van der Waals surface area contributed by atoms with Crippen molar-refractivity contribution in [2.75, 3.05) is 0 Å². The highest BCUT2D eigenvalue weighted by Crippen LogP contribution is 2.30. The standard InChI is InChI=1S/C17H15BrClN5OS/c1-23-17(14(18)16(26)22-23)24-8-10(7-20-24)9-2-5-13(19)12(6-9)15(25)21-11-3-4-11/h2,5-8,11H,3-4H2,1H3,(H,21,25)(H,22,26). The number of rotatable bonds is 4. The Morgan fingerprint density at radius 2 is 2.15 bits per heavy atom. The molecule has 0 atom stereocenters. The van der Waals surface area contributed by atoms with Crippen LogP contribution in [-0.2, 0) is 7.05 Å². The predicted molar refractivity (Wildman–Crippen MR) is 106 cm³/mol. The van der Waals surface area contributed by atoms with E-state index in [-0.39, 0.29) is 11.9 Å². The minimum absolute atomic E-state index is 0.138. The quantitative estimate of drug-likeness (QED) is 0.591. The average molecular weight is 453 g/mol. The number of halogens is 2.